The summed E-state index contributed by atoms with van der Waals surface area (Å²) in [6, 6.07) is 0. The zero-order chi connectivity index (χ0) is 13.1. The van der Waals surface area contributed by atoms with Crippen molar-refractivity contribution in [3.63, 3.8) is 0 Å². The Hall–Kier alpha value is -0.830. The summed E-state index contributed by atoms with van der Waals surface area (Å²) in [5.74, 6) is 1.93. The molecule has 0 aromatic carbocycles. The van der Waals surface area contributed by atoms with Crippen LogP contribution in [0.25, 0.3) is 0 Å². The number of nitrogens with zero attached hydrogens (tertiary/aromatic N) is 2. The molecule has 1 aliphatic carbocycles. The van der Waals surface area contributed by atoms with Gasteiger partial charge < -0.3 is 9.67 Å². The molecule has 102 valence electrons. The minimum atomic E-state index is -0.339. The van der Waals surface area contributed by atoms with Gasteiger partial charge in [-0.3, -0.25) is 0 Å². The fourth-order valence-corrected chi connectivity index (χ4v) is 3.12. The number of hydrogen-bond donors (Lipinski definition) is 1. The van der Waals surface area contributed by atoms with Crippen molar-refractivity contribution in [1.82, 2.24) is 9.55 Å². The molecule has 1 heterocycles. The van der Waals surface area contributed by atoms with Gasteiger partial charge in [0.25, 0.3) is 0 Å². The Morgan fingerprint density at radius 1 is 1.39 bits per heavy atom. The second kappa shape index (κ2) is 5.87. The average molecular weight is 250 g/mol. The van der Waals surface area contributed by atoms with Gasteiger partial charge in [-0.15, -0.1) is 0 Å². The molecule has 3 nitrogen and oxygen atoms in total. The van der Waals surface area contributed by atoms with E-state index in [0.29, 0.717) is 5.92 Å². The minimum Gasteiger partial charge on any atom is -0.387 e. The predicted molar refractivity (Wildman–Crippen MR) is 73.1 cm³/mol. The molecule has 4 unspecified atom stereocenters. The molecule has 1 aromatic rings. The number of rotatable bonds is 4. The predicted octanol–water partition coefficient (Wildman–Crippen LogP) is 3.40. The molecule has 0 aliphatic heterocycles. The Bertz CT molecular complexity index is 374. The molecular weight excluding hydrogens is 224 g/mol. The number of aliphatic hydroxyl groups is 1. The van der Waals surface area contributed by atoms with Crippen molar-refractivity contribution < 1.29 is 5.11 Å². The van der Waals surface area contributed by atoms with Crippen molar-refractivity contribution in [3.8, 4) is 0 Å². The van der Waals surface area contributed by atoms with Crippen molar-refractivity contribution in [1.29, 1.82) is 0 Å². The number of hydrogen-bond acceptors (Lipinski definition) is 2. The molecule has 0 saturated heterocycles. The van der Waals surface area contributed by atoms with Gasteiger partial charge in [-0.2, -0.15) is 0 Å². The lowest BCUT2D eigenvalue weighted by molar-refractivity contribution is 0.0505. The van der Waals surface area contributed by atoms with Crippen LogP contribution in [0.1, 0.15) is 58.3 Å². The first kappa shape index (κ1) is 13.6. The second-order valence-corrected chi connectivity index (χ2v) is 5.98. The fourth-order valence-electron chi connectivity index (χ4n) is 3.12. The van der Waals surface area contributed by atoms with E-state index in [9.17, 15) is 5.11 Å². The summed E-state index contributed by atoms with van der Waals surface area (Å²) < 4.78 is 2.10. The molecule has 0 bridgehead atoms. The van der Waals surface area contributed by atoms with Crippen LogP contribution in [0, 0.1) is 17.8 Å². The number of imidazole rings is 1. The third-order valence-corrected chi connectivity index (χ3v) is 4.60. The Morgan fingerprint density at radius 3 is 2.83 bits per heavy atom. The lowest BCUT2D eigenvalue weighted by atomic mass is 9.73. The van der Waals surface area contributed by atoms with Gasteiger partial charge in [0.05, 0.1) is 24.3 Å². The van der Waals surface area contributed by atoms with Crippen LogP contribution in [0.15, 0.2) is 12.5 Å². The topological polar surface area (TPSA) is 38.0 Å². The molecular formula is C15H26N2O. The maximum Gasteiger partial charge on any atom is 0.0983 e. The Morgan fingerprint density at radius 2 is 2.17 bits per heavy atom. The van der Waals surface area contributed by atoms with Crippen molar-refractivity contribution in [2.24, 2.45) is 17.8 Å². The number of aryl methyl sites for hydroxylation is 1. The molecule has 0 amide bonds. The van der Waals surface area contributed by atoms with E-state index in [2.05, 4.69) is 30.3 Å². The third-order valence-electron chi connectivity index (χ3n) is 4.60. The van der Waals surface area contributed by atoms with Crippen LogP contribution < -0.4 is 0 Å². The largest absolute Gasteiger partial charge is 0.387 e. The zero-order valence-corrected chi connectivity index (χ0v) is 11.8. The van der Waals surface area contributed by atoms with Crippen LogP contribution in [-0.2, 0) is 6.54 Å². The van der Waals surface area contributed by atoms with Gasteiger partial charge in [0, 0.05) is 6.54 Å². The first-order chi connectivity index (χ1) is 8.63. The summed E-state index contributed by atoms with van der Waals surface area (Å²) in [7, 11) is 0. The summed E-state index contributed by atoms with van der Waals surface area (Å²) in [5, 5.41) is 10.6. The fraction of sp³-hybridized carbons (Fsp3) is 0.800. The molecule has 2 rings (SSSR count). The number of aliphatic hydroxyl groups excluding tert-OH is 1. The maximum atomic E-state index is 10.6. The van der Waals surface area contributed by atoms with Gasteiger partial charge in [-0.25, -0.2) is 4.98 Å². The van der Waals surface area contributed by atoms with Gasteiger partial charge in [-0.1, -0.05) is 27.2 Å². The standard InChI is InChI=1S/C15H26N2O/c1-4-7-17-10-16-9-14(17)15(18)13-6-5-11(2)12(3)8-13/h9-13,15,18H,4-8H2,1-3H3. The van der Waals surface area contributed by atoms with Crippen LogP contribution in [0.4, 0.5) is 0 Å². The summed E-state index contributed by atoms with van der Waals surface area (Å²) >= 11 is 0. The van der Waals surface area contributed by atoms with Gasteiger partial charge in [0.15, 0.2) is 0 Å². The zero-order valence-electron chi connectivity index (χ0n) is 11.8. The molecule has 0 spiro atoms. The first-order valence-corrected chi connectivity index (χ1v) is 7.31. The summed E-state index contributed by atoms with van der Waals surface area (Å²) in [6.07, 6.45) is 7.94. The molecule has 1 aliphatic rings. The highest BCUT2D eigenvalue weighted by molar-refractivity contribution is 5.05. The Labute approximate surface area is 110 Å². The SMILES string of the molecule is CCCn1cncc1C(O)C1CCC(C)C(C)C1. The van der Waals surface area contributed by atoms with Crippen LogP contribution in [0.5, 0.6) is 0 Å². The molecule has 1 saturated carbocycles. The van der Waals surface area contributed by atoms with Crippen LogP contribution in [0.2, 0.25) is 0 Å². The normalized spacial score (nSPS) is 30.3. The van der Waals surface area contributed by atoms with E-state index in [1.54, 1.807) is 0 Å². The summed E-state index contributed by atoms with van der Waals surface area (Å²) in [6.45, 7) is 7.74. The van der Waals surface area contributed by atoms with E-state index < -0.39 is 0 Å². The average Bonchev–Trinajstić information content (AvgIpc) is 2.80. The lowest BCUT2D eigenvalue weighted by Gasteiger charge is -2.34. The van der Waals surface area contributed by atoms with E-state index in [0.717, 1.165) is 43.3 Å². The van der Waals surface area contributed by atoms with Crippen molar-refractivity contribution in [2.75, 3.05) is 0 Å². The quantitative estimate of drug-likeness (QED) is 0.889. The van der Waals surface area contributed by atoms with Crippen LogP contribution in [0.3, 0.4) is 0 Å². The highest BCUT2D eigenvalue weighted by Gasteiger charge is 2.31. The highest BCUT2D eigenvalue weighted by atomic mass is 16.3. The number of aromatic nitrogens is 2. The summed E-state index contributed by atoms with van der Waals surface area (Å²) in [5.41, 5.74) is 1.00. The molecule has 0 radical (unpaired) electrons. The second-order valence-electron chi connectivity index (χ2n) is 5.98. The highest BCUT2D eigenvalue weighted by Crippen LogP contribution is 2.39. The van der Waals surface area contributed by atoms with E-state index in [1.807, 2.05) is 12.5 Å². The molecule has 4 atom stereocenters. The minimum absolute atomic E-state index is 0.339. The Kier molecular flexibility index (Phi) is 4.44. The van der Waals surface area contributed by atoms with E-state index in [1.165, 1.54) is 6.42 Å². The maximum absolute atomic E-state index is 10.6. The van der Waals surface area contributed by atoms with Crippen molar-refractivity contribution in [2.45, 2.75) is 59.1 Å². The van der Waals surface area contributed by atoms with Gasteiger partial charge >= 0.3 is 0 Å². The van der Waals surface area contributed by atoms with Crippen LogP contribution >= 0.6 is 0 Å². The molecule has 1 N–H and O–H groups in total. The molecule has 1 fully saturated rings. The van der Waals surface area contributed by atoms with E-state index >= 15 is 0 Å². The first-order valence-electron chi connectivity index (χ1n) is 7.31. The molecule has 18 heavy (non-hydrogen) atoms. The van der Waals surface area contributed by atoms with Gasteiger partial charge in [0.2, 0.25) is 0 Å². The molecule has 3 heteroatoms. The van der Waals surface area contributed by atoms with Gasteiger partial charge in [-0.05, 0) is 37.0 Å². The smallest absolute Gasteiger partial charge is 0.0983 e. The lowest BCUT2D eigenvalue weighted by Crippen LogP contribution is -2.26. The molecule has 1 aromatic heterocycles. The monoisotopic (exact) mass is 250 g/mol. The van der Waals surface area contributed by atoms with E-state index in [4.69, 9.17) is 0 Å². The van der Waals surface area contributed by atoms with Gasteiger partial charge in [0.1, 0.15) is 0 Å². The van der Waals surface area contributed by atoms with Crippen molar-refractivity contribution in [3.05, 3.63) is 18.2 Å². The summed E-state index contributed by atoms with van der Waals surface area (Å²) in [4.78, 5) is 4.19. The third kappa shape index (κ3) is 2.77. The Balaban J connectivity index is 2.06. The van der Waals surface area contributed by atoms with Crippen molar-refractivity contribution >= 4 is 0 Å². The van der Waals surface area contributed by atoms with Crippen LogP contribution in [-0.4, -0.2) is 14.7 Å². The van der Waals surface area contributed by atoms with E-state index in [-0.39, 0.29) is 6.10 Å².